The molecule has 2 aromatic rings. The Kier molecular flexibility index (Phi) is 4.42. The Morgan fingerprint density at radius 2 is 1.90 bits per heavy atom. The maximum absolute atomic E-state index is 10.6. The second-order valence-electron chi connectivity index (χ2n) is 5.83. The number of hydrogen-bond acceptors (Lipinski definition) is 3. The van der Waals surface area contributed by atoms with Gasteiger partial charge in [-0.25, -0.2) is 0 Å². The normalized spacial score (nSPS) is 21.0. The Morgan fingerprint density at radius 1 is 1.10 bits per heavy atom. The molecule has 0 aromatic heterocycles. The molecule has 2 aromatic carbocycles. The van der Waals surface area contributed by atoms with E-state index in [1.807, 2.05) is 24.3 Å². The van der Waals surface area contributed by atoms with Gasteiger partial charge in [0, 0.05) is 6.04 Å². The zero-order valence-electron chi connectivity index (χ0n) is 12.5. The first-order valence-corrected chi connectivity index (χ1v) is 7.77. The van der Waals surface area contributed by atoms with Crippen LogP contribution in [0.5, 0.6) is 5.75 Å². The van der Waals surface area contributed by atoms with Crippen LogP contribution in [0.4, 0.5) is 0 Å². The largest absolute Gasteiger partial charge is 0.497 e. The third-order valence-corrected chi connectivity index (χ3v) is 4.39. The lowest BCUT2D eigenvalue weighted by Gasteiger charge is -2.23. The predicted octanol–water partition coefficient (Wildman–Crippen LogP) is 3.41. The number of ether oxygens (including phenoxy) is 1. The Hall–Kier alpha value is -1.58. The molecule has 2 unspecified atom stereocenters. The first-order valence-electron chi connectivity index (χ1n) is 7.77. The molecule has 2 atom stereocenters. The highest BCUT2D eigenvalue weighted by Gasteiger charge is 2.21. The van der Waals surface area contributed by atoms with E-state index in [1.165, 1.54) is 19.3 Å². The maximum atomic E-state index is 10.6. The zero-order chi connectivity index (χ0) is 14.7. The summed E-state index contributed by atoms with van der Waals surface area (Å²) in [5.41, 5.74) is 0.993. The summed E-state index contributed by atoms with van der Waals surface area (Å²) in [4.78, 5) is 0. The van der Waals surface area contributed by atoms with Crippen molar-refractivity contribution in [2.45, 2.75) is 37.8 Å². The lowest BCUT2D eigenvalue weighted by molar-refractivity contribution is 0.126. The van der Waals surface area contributed by atoms with E-state index >= 15 is 0 Å². The van der Waals surface area contributed by atoms with Crippen molar-refractivity contribution in [3.63, 3.8) is 0 Å². The maximum Gasteiger partial charge on any atom is 0.119 e. The van der Waals surface area contributed by atoms with Gasteiger partial charge >= 0.3 is 0 Å². The average molecular weight is 285 g/mol. The minimum Gasteiger partial charge on any atom is -0.497 e. The molecule has 3 rings (SSSR count). The van der Waals surface area contributed by atoms with Gasteiger partial charge in [0.2, 0.25) is 0 Å². The highest BCUT2D eigenvalue weighted by atomic mass is 16.5. The Morgan fingerprint density at radius 3 is 2.76 bits per heavy atom. The van der Waals surface area contributed by atoms with Crippen LogP contribution in [0, 0.1) is 0 Å². The lowest BCUT2D eigenvalue weighted by atomic mass is 9.96. The minimum atomic E-state index is -0.436. The molecule has 0 amide bonds. The van der Waals surface area contributed by atoms with Gasteiger partial charge in [-0.2, -0.15) is 0 Å². The van der Waals surface area contributed by atoms with Crippen LogP contribution in [0.25, 0.3) is 10.8 Å². The second-order valence-corrected chi connectivity index (χ2v) is 5.83. The molecule has 0 bridgehead atoms. The van der Waals surface area contributed by atoms with E-state index in [1.54, 1.807) is 7.11 Å². The molecule has 0 aliphatic carbocycles. The third-order valence-electron chi connectivity index (χ3n) is 4.39. The number of methoxy groups -OCH3 is 1. The SMILES string of the molecule is COc1ccc2cc(C(O)C3CCCCCN3)ccc2c1. The van der Waals surface area contributed by atoms with Gasteiger partial charge in [0.15, 0.2) is 0 Å². The minimum absolute atomic E-state index is 0.170. The first kappa shape index (κ1) is 14.4. The molecule has 1 heterocycles. The fraction of sp³-hybridized carbons (Fsp3) is 0.444. The van der Waals surface area contributed by atoms with Crippen LogP contribution in [0.1, 0.15) is 37.4 Å². The highest BCUT2D eigenvalue weighted by molar-refractivity contribution is 5.84. The van der Waals surface area contributed by atoms with E-state index in [0.717, 1.165) is 35.1 Å². The number of nitrogens with one attached hydrogen (secondary N) is 1. The van der Waals surface area contributed by atoms with Gasteiger partial charge in [-0.3, -0.25) is 0 Å². The molecular weight excluding hydrogens is 262 g/mol. The van der Waals surface area contributed by atoms with E-state index in [4.69, 9.17) is 4.74 Å². The third kappa shape index (κ3) is 3.20. The monoisotopic (exact) mass is 285 g/mol. The molecule has 0 saturated carbocycles. The van der Waals surface area contributed by atoms with Crippen molar-refractivity contribution in [2.24, 2.45) is 0 Å². The Bertz CT molecular complexity index is 603. The Labute approximate surface area is 125 Å². The summed E-state index contributed by atoms with van der Waals surface area (Å²) < 4.78 is 5.25. The topological polar surface area (TPSA) is 41.5 Å². The standard InChI is InChI=1S/C18H23NO2/c1-21-16-9-8-13-11-15(7-6-14(13)12-16)18(20)17-5-3-2-4-10-19-17/h6-9,11-12,17-20H,2-5,10H2,1H3. The van der Waals surface area contributed by atoms with Gasteiger partial charge in [0.05, 0.1) is 13.2 Å². The van der Waals surface area contributed by atoms with Crippen LogP contribution in [-0.4, -0.2) is 24.8 Å². The summed E-state index contributed by atoms with van der Waals surface area (Å²) in [5.74, 6) is 0.862. The van der Waals surface area contributed by atoms with Gasteiger partial charge in [-0.1, -0.05) is 31.0 Å². The Balaban J connectivity index is 1.85. The van der Waals surface area contributed by atoms with Crippen molar-refractivity contribution in [2.75, 3.05) is 13.7 Å². The molecule has 3 heteroatoms. The van der Waals surface area contributed by atoms with Crippen molar-refractivity contribution in [1.82, 2.24) is 5.32 Å². The first-order chi connectivity index (χ1) is 10.3. The number of rotatable bonds is 3. The van der Waals surface area contributed by atoms with Gasteiger partial charge in [0.25, 0.3) is 0 Å². The summed E-state index contributed by atoms with van der Waals surface area (Å²) in [6.07, 6.45) is 4.27. The molecular formula is C18H23NO2. The smallest absolute Gasteiger partial charge is 0.119 e. The number of hydrogen-bond donors (Lipinski definition) is 2. The summed E-state index contributed by atoms with van der Waals surface area (Å²) in [6.45, 7) is 1.01. The van der Waals surface area contributed by atoms with Gasteiger partial charge < -0.3 is 15.2 Å². The molecule has 0 radical (unpaired) electrons. The average Bonchev–Trinajstić information content (AvgIpc) is 2.82. The number of benzene rings is 2. The van der Waals surface area contributed by atoms with Crippen molar-refractivity contribution < 1.29 is 9.84 Å². The van der Waals surface area contributed by atoms with Crippen LogP contribution >= 0.6 is 0 Å². The predicted molar refractivity (Wildman–Crippen MR) is 85.7 cm³/mol. The molecule has 0 spiro atoms. The number of fused-ring (bicyclic) bond motifs is 1. The molecule has 1 saturated heterocycles. The quantitative estimate of drug-likeness (QED) is 0.908. The summed E-state index contributed by atoms with van der Waals surface area (Å²) in [7, 11) is 1.68. The van der Waals surface area contributed by atoms with E-state index in [2.05, 4.69) is 17.4 Å². The zero-order valence-corrected chi connectivity index (χ0v) is 12.5. The van der Waals surface area contributed by atoms with E-state index in [0.29, 0.717) is 0 Å². The fourth-order valence-electron chi connectivity index (χ4n) is 3.11. The molecule has 112 valence electrons. The summed E-state index contributed by atoms with van der Waals surface area (Å²) in [5, 5.41) is 16.4. The lowest BCUT2D eigenvalue weighted by Crippen LogP contribution is -2.34. The molecule has 21 heavy (non-hydrogen) atoms. The fourth-order valence-corrected chi connectivity index (χ4v) is 3.11. The van der Waals surface area contributed by atoms with Crippen molar-refractivity contribution in [1.29, 1.82) is 0 Å². The summed E-state index contributed by atoms with van der Waals surface area (Å²) >= 11 is 0. The van der Waals surface area contributed by atoms with Crippen LogP contribution in [0.3, 0.4) is 0 Å². The van der Waals surface area contributed by atoms with Crippen LogP contribution in [0.2, 0.25) is 0 Å². The van der Waals surface area contributed by atoms with Gasteiger partial charge in [-0.15, -0.1) is 0 Å². The van der Waals surface area contributed by atoms with Crippen LogP contribution < -0.4 is 10.1 Å². The van der Waals surface area contributed by atoms with Crippen LogP contribution in [-0.2, 0) is 0 Å². The van der Waals surface area contributed by atoms with Crippen LogP contribution in [0.15, 0.2) is 36.4 Å². The van der Waals surface area contributed by atoms with E-state index in [9.17, 15) is 5.11 Å². The molecule has 3 nitrogen and oxygen atoms in total. The van der Waals surface area contributed by atoms with Gasteiger partial charge in [0.1, 0.15) is 5.75 Å². The second kappa shape index (κ2) is 6.46. The molecule has 1 aliphatic heterocycles. The highest BCUT2D eigenvalue weighted by Crippen LogP contribution is 2.27. The summed E-state index contributed by atoms with van der Waals surface area (Å²) in [6, 6.07) is 12.4. The van der Waals surface area contributed by atoms with E-state index in [-0.39, 0.29) is 6.04 Å². The number of aliphatic hydroxyl groups excluding tert-OH is 1. The van der Waals surface area contributed by atoms with Crippen molar-refractivity contribution >= 4 is 10.8 Å². The van der Waals surface area contributed by atoms with Crippen molar-refractivity contribution in [3.05, 3.63) is 42.0 Å². The van der Waals surface area contributed by atoms with Crippen molar-refractivity contribution in [3.8, 4) is 5.75 Å². The molecule has 1 aliphatic rings. The van der Waals surface area contributed by atoms with E-state index < -0.39 is 6.10 Å². The molecule has 2 N–H and O–H groups in total. The number of aliphatic hydroxyl groups is 1. The molecule has 1 fully saturated rings. The van der Waals surface area contributed by atoms with Gasteiger partial charge in [-0.05, 0) is 53.9 Å².